The van der Waals surface area contributed by atoms with E-state index in [4.69, 9.17) is 0 Å². The topological polar surface area (TPSA) is 42.2 Å². The molecule has 3 fully saturated rings. The molecule has 35 heavy (non-hydrogen) atoms. The first kappa shape index (κ1) is 22.9. The van der Waals surface area contributed by atoms with Gasteiger partial charge in [0, 0.05) is 29.9 Å². The largest absolute Gasteiger partial charge is 0.377 e. The number of ketones is 1. The Morgan fingerprint density at radius 1 is 1.03 bits per heavy atom. The summed E-state index contributed by atoms with van der Waals surface area (Å²) in [6.07, 6.45) is 12.7. The van der Waals surface area contributed by atoms with Crippen molar-refractivity contribution < 1.29 is 9.90 Å². The lowest BCUT2D eigenvalue weighted by molar-refractivity contribution is -0.122. The maximum Gasteiger partial charge on any atom is 0.155 e. The molecule has 6 rings (SSSR count). The van der Waals surface area contributed by atoms with Crippen molar-refractivity contribution in [3.63, 3.8) is 0 Å². The number of allylic oxidation sites excluding steroid dienone is 1. The summed E-state index contributed by atoms with van der Waals surface area (Å²) in [5, 5.41) is 11.9. The normalized spacial score (nSPS) is 40.1. The molecule has 1 N–H and O–H groups in total. The fraction of sp³-hybridized carbons (Fsp3) is 0.531. The highest BCUT2D eigenvalue weighted by molar-refractivity contribution is 5.91. The second-order valence-electron chi connectivity index (χ2n) is 12.1. The van der Waals surface area contributed by atoms with E-state index in [9.17, 15) is 9.90 Å². The second-order valence-corrected chi connectivity index (χ2v) is 12.1. The highest BCUT2D eigenvalue weighted by Crippen LogP contribution is 2.70. The Balaban J connectivity index is 1.47. The third kappa shape index (κ3) is 3.26. The number of nitrogens with zero attached hydrogens (tertiary/aromatic N) is 1. The zero-order valence-corrected chi connectivity index (χ0v) is 21.3. The van der Waals surface area contributed by atoms with Crippen LogP contribution in [-0.4, -0.2) is 21.1 Å². The minimum atomic E-state index is -0.916. The van der Waals surface area contributed by atoms with Gasteiger partial charge in [-0.1, -0.05) is 37.5 Å². The summed E-state index contributed by atoms with van der Waals surface area (Å²) < 4.78 is 2.15. The maximum absolute atomic E-state index is 12.4. The monoisotopic (exact) mass is 467 g/mol. The van der Waals surface area contributed by atoms with Crippen LogP contribution in [0.15, 0.2) is 60.4 Å². The molecule has 3 nitrogen and oxygen atoms in total. The summed E-state index contributed by atoms with van der Waals surface area (Å²) in [5.41, 5.74) is 2.84. The number of carbonyl (C=O) groups is 1. The average molecular weight is 468 g/mol. The third-order valence-electron chi connectivity index (χ3n) is 10.6. The van der Waals surface area contributed by atoms with E-state index in [1.165, 1.54) is 16.8 Å². The highest BCUT2D eigenvalue weighted by Gasteiger charge is 2.66. The van der Waals surface area contributed by atoms with Crippen LogP contribution in [-0.2, 0) is 4.79 Å². The van der Waals surface area contributed by atoms with Gasteiger partial charge in [0.05, 0.1) is 0 Å². The summed E-state index contributed by atoms with van der Waals surface area (Å²) in [5.74, 6) is 8.49. The number of hydrogen-bond acceptors (Lipinski definition) is 2. The van der Waals surface area contributed by atoms with Crippen molar-refractivity contribution in [1.82, 2.24) is 4.57 Å². The molecule has 7 atom stereocenters. The van der Waals surface area contributed by atoms with Crippen LogP contribution < -0.4 is 0 Å². The molecule has 3 heteroatoms. The van der Waals surface area contributed by atoms with E-state index in [0.29, 0.717) is 35.9 Å². The molecule has 0 aliphatic heterocycles. The van der Waals surface area contributed by atoms with Crippen LogP contribution >= 0.6 is 0 Å². The number of rotatable bonds is 2. The van der Waals surface area contributed by atoms with E-state index in [0.717, 1.165) is 38.5 Å². The quantitative estimate of drug-likeness (QED) is 0.515. The predicted molar refractivity (Wildman–Crippen MR) is 139 cm³/mol. The zero-order valence-electron chi connectivity index (χ0n) is 21.3. The zero-order chi connectivity index (χ0) is 24.4. The van der Waals surface area contributed by atoms with Crippen LogP contribution in [0.5, 0.6) is 0 Å². The van der Waals surface area contributed by atoms with E-state index >= 15 is 0 Å². The van der Waals surface area contributed by atoms with Gasteiger partial charge in [0.2, 0.25) is 0 Å². The summed E-state index contributed by atoms with van der Waals surface area (Å²) >= 11 is 0. The molecule has 2 aromatic rings. The summed E-state index contributed by atoms with van der Waals surface area (Å²) in [6.45, 7) is 6.62. The molecular formula is C32H37NO2. The van der Waals surface area contributed by atoms with Gasteiger partial charge < -0.3 is 9.67 Å². The SMILES string of the molecule is CC#C[C@]1(O)CC[C@H]2[C@@H]3CCC4=CC(=O)CC[C@]4(C)[C@H]3[C@@H](c3ccc(-n4cccc4)cc3)C[C@@]21C. The molecule has 3 saturated carbocycles. The standard InChI is InChI=1S/C32H37NO2/c1-4-15-32(35)17-14-28-26-12-9-23-20-25(34)13-16-30(23,2)29(26)27(21-31(28,32)3)22-7-10-24(11-8-22)33-18-5-6-19-33/h5-8,10-11,18-20,26-29,35H,9,12-14,16-17,21H2,1-3H3/t26-,27+,28-,29+,30-,31-,32-/m0/s1. The third-order valence-corrected chi connectivity index (χ3v) is 10.6. The number of benzene rings is 1. The summed E-state index contributed by atoms with van der Waals surface area (Å²) in [7, 11) is 0. The van der Waals surface area contributed by atoms with Crippen LogP contribution in [0.25, 0.3) is 5.69 Å². The summed E-state index contributed by atoms with van der Waals surface area (Å²) in [6, 6.07) is 13.2. The first-order valence-electron chi connectivity index (χ1n) is 13.4. The first-order chi connectivity index (χ1) is 16.8. The molecule has 1 aromatic heterocycles. The highest BCUT2D eigenvalue weighted by atomic mass is 16.3. The fourth-order valence-electron chi connectivity index (χ4n) is 8.88. The molecule has 1 aromatic carbocycles. The number of hydrogen-bond donors (Lipinski definition) is 1. The molecule has 0 radical (unpaired) electrons. The van der Waals surface area contributed by atoms with E-state index < -0.39 is 5.60 Å². The lowest BCUT2D eigenvalue weighted by Crippen LogP contribution is -2.57. The molecule has 0 unspecified atom stereocenters. The van der Waals surface area contributed by atoms with Gasteiger partial charge in [-0.15, -0.1) is 5.92 Å². The van der Waals surface area contributed by atoms with Gasteiger partial charge in [0.1, 0.15) is 5.60 Å². The van der Waals surface area contributed by atoms with Crippen LogP contribution in [0.3, 0.4) is 0 Å². The second kappa shape index (κ2) is 7.97. The van der Waals surface area contributed by atoms with Gasteiger partial charge in [-0.25, -0.2) is 0 Å². The molecule has 4 aliphatic rings. The van der Waals surface area contributed by atoms with E-state index in [1.54, 1.807) is 0 Å². The van der Waals surface area contributed by atoms with Crippen molar-refractivity contribution >= 4 is 5.78 Å². The van der Waals surface area contributed by atoms with Crippen LogP contribution in [0.2, 0.25) is 0 Å². The molecule has 1 heterocycles. The Morgan fingerprint density at radius 2 is 1.77 bits per heavy atom. The Labute approximate surface area is 209 Å². The summed E-state index contributed by atoms with van der Waals surface area (Å²) in [4.78, 5) is 12.4. The van der Waals surface area contributed by atoms with Crippen molar-refractivity contribution in [2.75, 3.05) is 0 Å². The Bertz CT molecular complexity index is 1230. The molecule has 0 saturated heterocycles. The Hall–Kier alpha value is -2.57. The van der Waals surface area contributed by atoms with Crippen molar-refractivity contribution in [3.8, 4) is 17.5 Å². The van der Waals surface area contributed by atoms with Gasteiger partial charge in [0.15, 0.2) is 5.78 Å². The maximum atomic E-state index is 12.4. The fourth-order valence-corrected chi connectivity index (χ4v) is 8.88. The molecular weight excluding hydrogens is 430 g/mol. The van der Waals surface area contributed by atoms with Crippen LogP contribution in [0.4, 0.5) is 0 Å². The molecule has 0 bridgehead atoms. The molecule has 0 amide bonds. The van der Waals surface area contributed by atoms with Gasteiger partial charge in [-0.05, 0) is 110 Å². The van der Waals surface area contributed by atoms with E-state index in [2.05, 4.69) is 79.0 Å². The lowest BCUT2D eigenvalue weighted by atomic mass is 9.43. The first-order valence-corrected chi connectivity index (χ1v) is 13.4. The van der Waals surface area contributed by atoms with Crippen LogP contribution in [0, 0.1) is 40.4 Å². The van der Waals surface area contributed by atoms with Crippen molar-refractivity contribution in [2.24, 2.45) is 28.6 Å². The average Bonchev–Trinajstić information content (AvgIpc) is 3.46. The molecule has 182 valence electrons. The number of aromatic nitrogens is 1. The van der Waals surface area contributed by atoms with E-state index in [-0.39, 0.29) is 10.8 Å². The minimum absolute atomic E-state index is 0.0546. The lowest BCUT2D eigenvalue weighted by Gasteiger charge is -2.61. The Morgan fingerprint density at radius 3 is 2.49 bits per heavy atom. The van der Waals surface area contributed by atoms with Gasteiger partial charge in [0.25, 0.3) is 0 Å². The van der Waals surface area contributed by atoms with Crippen molar-refractivity contribution in [1.29, 1.82) is 0 Å². The minimum Gasteiger partial charge on any atom is -0.377 e. The van der Waals surface area contributed by atoms with Crippen molar-refractivity contribution in [3.05, 3.63) is 66.0 Å². The van der Waals surface area contributed by atoms with Gasteiger partial charge in [-0.3, -0.25) is 4.79 Å². The number of carbonyl (C=O) groups excluding carboxylic acids is 1. The number of fused-ring (bicyclic) bond motifs is 5. The van der Waals surface area contributed by atoms with Crippen molar-refractivity contribution in [2.45, 2.75) is 77.2 Å². The Kier molecular flexibility index (Phi) is 5.21. The predicted octanol–water partition coefficient (Wildman–Crippen LogP) is 6.46. The van der Waals surface area contributed by atoms with Gasteiger partial charge >= 0.3 is 0 Å². The molecule has 0 spiro atoms. The molecule has 4 aliphatic carbocycles. The van der Waals surface area contributed by atoms with Gasteiger partial charge in [-0.2, -0.15) is 0 Å². The van der Waals surface area contributed by atoms with E-state index in [1.807, 2.05) is 13.0 Å². The smallest absolute Gasteiger partial charge is 0.155 e. The van der Waals surface area contributed by atoms with Crippen LogP contribution in [0.1, 0.15) is 77.2 Å². The number of aliphatic hydroxyl groups is 1.